The molecule has 0 spiro atoms. The van der Waals surface area contributed by atoms with Crippen LogP contribution in [0.15, 0.2) is 36.0 Å². The normalized spacial score (nSPS) is 11.6. The number of nitrogens with zero attached hydrogens (tertiary/aromatic N) is 3. The molecule has 1 aromatic heterocycles. The molecule has 0 unspecified atom stereocenters. The Morgan fingerprint density at radius 2 is 1.74 bits per heavy atom. The van der Waals surface area contributed by atoms with Gasteiger partial charge >= 0.3 is 0 Å². The Bertz CT molecular complexity index is 365. The van der Waals surface area contributed by atoms with Gasteiger partial charge in [0, 0.05) is 54.9 Å². The van der Waals surface area contributed by atoms with Crippen molar-refractivity contribution in [3.63, 3.8) is 0 Å². The molecule has 0 bridgehead atoms. The summed E-state index contributed by atoms with van der Waals surface area (Å²) >= 11 is 14.4. The lowest BCUT2D eigenvalue weighted by molar-refractivity contribution is 0.663. The van der Waals surface area contributed by atoms with Gasteiger partial charge in [0.1, 0.15) is 0 Å². The summed E-state index contributed by atoms with van der Waals surface area (Å²) in [6, 6.07) is 0. The van der Waals surface area contributed by atoms with Crippen molar-refractivity contribution in [2.45, 2.75) is 51.5 Å². The third kappa shape index (κ3) is 17.9. The summed E-state index contributed by atoms with van der Waals surface area (Å²) in [6.45, 7) is 0.976. The summed E-state index contributed by atoms with van der Waals surface area (Å²) in [5.74, 6) is 1.55. The molecule has 132 valence electrons. The monoisotopic (exact) mass is 423 g/mol. The number of rotatable bonds is 9. The molecule has 6 heteroatoms. The minimum Gasteiger partial charge on any atom is -0.337 e. The van der Waals surface area contributed by atoms with Crippen molar-refractivity contribution >= 4 is 45.3 Å². The number of aromatic nitrogens is 2. The van der Waals surface area contributed by atoms with Crippen LogP contribution in [0.5, 0.6) is 0 Å². The molecule has 3 nitrogen and oxygen atoms in total. The number of aliphatic imine (C=N–C) groups is 1. The highest BCUT2D eigenvalue weighted by atomic mass is 79.9. The zero-order chi connectivity index (χ0) is 17.0. The summed E-state index contributed by atoms with van der Waals surface area (Å²) in [4.78, 5) is 7.67. The Balaban J connectivity index is 0.000000328. The van der Waals surface area contributed by atoms with Crippen molar-refractivity contribution in [2.75, 3.05) is 17.1 Å². The van der Waals surface area contributed by atoms with E-state index in [1.54, 1.807) is 18.7 Å². The number of imidazole rings is 1. The van der Waals surface area contributed by atoms with Crippen LogP contribution in [0.3, 0.4) is 0 Å². The molecule has 2 rings (SSSR count). The van der Waals surface area contributed by atoms with E-state index in [1.807, 2.05) is 23.1 Å². The van der Waals surface area contributed by atoms with Crippen LogP contribution < -0.4 is 0 Å². The van der Waals surface area contributed by atoms with Crippen molar-refractivity contribution < 1.29 is 0 Å². The predicted molar refractivity (Wildman–Crippen MR) is 107 cm³/mol. The first kappa shape index (κ1) is 22.7. The first-order valence-corrected chi connectivity index (χ1v) is 10.3. The Morgan fingerprint density at radius 1 is 1.00 bits per heavy atom. The maximum absolute atomic E-state index is 5.51. The third-order valence-electron chi connectivity index (χ3n) is 2.91. The van der Waals surface area contributed by atoms with Gasteiger partial charge in [-0.15, -0.1) is 23.2 Å². The molecular formula is C17H28BrCl2N3. The fourth-order valence-electron chi connectivity index (χ4n) is 1.68. The second kappa shape index (κ2) is 19.7. The van der Waals surface area contributed by atoms with Crippen LogP contribution in [0.4, 0.5) is 0 Å². The van der Waals surface area contributed by atoms with Gasteiger partial charge in [-0.25, -0.2) is 4.98 Å². The van der Waals surface area contributed by atoms with Gasteiger partial charge in [-0.1, -0.05) is 41.3 Å². The van der Waals surface area contributed by atoms with Gasteiger partial charge < -0.3 is 4.57 Å². The Hall–Kier alpha value is -0.320. The molecule has 0 atom stereocenters. The van der Waals surface area contributed by atoms with E-state index in [0.717, 1.165) is 36.5 Å². The number of allylic oxidation sites excluding steroid dienone is 1. The second-order valence-corrected chi connectivity index (χ2v) is 6.49. The van der Waals surface area contributed by atoms with E-state index in [4.69, 9.17) is 23.2 Å². The number of alkyl halides is 3. The topological polar surface area (TPSA) is 30.2 Å². The first-order chi connectivity index (χ1) is 11.3. The smallest absolute Gasteiger partial charge is 0.0945 e. The molecule has 1 aliphatic heterocycles. The van der Waals surface area contributed by atoms with Crippen LogP contribution in [0.2, 0.25) is 0 Å². The molecule has 23 heavy (non-hydrogen) atoms. The summed E-state index contributed by atoms with van der Waals surface area (Å²) in [5.41, 5.74) is 0. The number of halogens is 3. The quantitative estimate of drug-likeness (QED) is 0.350. The summed E-state index contributed by atoms with van der Waals surface area (Å²) < 4.78 is 2.02. The van der Waals surface area contributed by atoms with Crippen LogP contribution in [0, 0.1) is 0 Å². The van der Waals surface area contributed by atoms with Crippen LogP contribution in [-0.4, -0.2) is 32.9 Å². The molecule has 0 saturated heterocycles. The molecular weight excluding hydrogens is 397 g/mol. The molecule has 1 aromatic rings. The van der Waals surface area contributed by atoms with Crippen LogP contribution >= 0.6 is 39.1 Å². The molecule has 0 saturated carbocycles. The lowest BCUT2D eigenvalue weighted by Gasteiger charge is -1.95. The second-order valence-electron chi connectivity index (χ2n) is 4.94. The van der Waals surface area contributed by atoms with Crippen LogP contribution in [0.25, 0.3) is 0 Å². The molecule has 0 amide bonds. The minimum absolute atomic E-state index is 0.720. The Labute approximate surface area is 159 Å². The zero-order valence-electron chi connectivity index (χ0n) is 13.7. The standard InChI is InChI=1S/C7H14BrCl.C6H9ClN2.C4H5N/c8-6-4-2-1-3-5-7-9;7-2-1-4-9-5-3-8-6-9;1-2-4-5-3-1/h1-7H2;3,5-6H,1-2,4H2;1,3-4H,2H2. The van der Waals surface area contributed by atoms with Gasteiger partial charge in [0.25, 0.3) is 0 Å². The van der Waals surface area contributed by atoms with Gasteiger partial charge in [-0.05, 0) is 19.3 Å². The summed E-state index contributed by atoms with van der Waals surface area (Å²) in [6.07, 6.45) is 19.7. The molecule has 0 fully saturated rings. The highest BCUT2D eigenvalue weighted by molar-refractivity contribution is 9.09. The average Bonchev–Trinajstić information content (AvgIpc) is 3.29. The Kier molecular flexibility index (Phi) is 19.5. The Morgan fingerprint density at radius 3 is 2.22 bits per heavy atom. The van der Waals surface area contributed by atoms with Crippen LogP contribution in [0.1, 0.15) is 44.9 Å². The molecule has 0 aliphatic carbocycles. The molecule has 0 aromatic carbocycles. The maximum atomic E-state index is 5.51. The zero-order valence-corrected chi connectivity index (χ0v) is 16.8. The lowest BCUT2D eigenvalue weighted by atomic mass is 10.2. The molecule has 0 radical (unpaired) electrons. The van der Waals surface area contributed by atoms with E-state index in [-0.39, 0.29) is 0 Å². The lowest BCUT2D eigenvalue weighted by Crippen LogP contribution is -1.93. The number of hydrogen-bond donors (Lipinski definition) is 0. The molecule has 1 aliphatic rings. The number of unbranched alkanes of at least 4 members (excludes halogenated alkanes) is 4. The van der Waals surface area contributed by atoms with Crippen molar-refractivity contribution in [1.29, 1.82) is 0 Å². The largest absolute Gasteiger partial charge is 0.337 e. The SMILES string of the molecule is C1=CN=CC1.ClCCCCCCCBr.ClCCCn1ccnc1. The van der Waals surface area contributed by atoms with Crippen molar-refractivity contribution in [1.82, 2.24) is 9.55 Å². The molecule has 0 N–H and O–H groups in total. The fraction of sp³-hybridized carbons (Fsp3) is 0.647. The minimum atomic E-state index is 0.720. The van der Waals surface area contributed by atoms with Crippen molar-refractivity contribution in [3.05, 3.63) is 31.0 Å². The van der Waals surface area contributed by atoms with Gasteiger partial charge in [0.2, 0.25) is 0 Å². The van der Waals surface area contributed by atoms with Crippen molar-refractivity contribution in [2.24, 2.45) is 4.99 Å². The summed E-state index contributed by atoms with van der Waals surface area (Å²) in [5, 5.41) is 1.15. The average molecular weight is 425 g/mol. The third-order valence-corrected chi connectivity index (χ3v) is 4.01. The van der Waals surface area contributed by atoms with E-state index in [9.17, 15) is 0 Å². The van der Waals surface area contributed by atoms with E-state index < -0.39 is 0 Å². The maximum Gasteiger partial charge on any atom is 0.0945 e. The van der Waals surface area contributed by atoms with E-state index in [1.165, 1.54) is 32.1 Å². The summed E-state index contributed by atoms with van der Waals surface area (Å²) in [7, 11) is 0. The van der Waals surface area contributed by atoms with E-state index in [0.29, 0.717) is 0 Å². The van der Waals surface area contributed by atoms with Gasteiger partial charge in [-0.2, -0.15) is 0 Å². The fourth-order valence-corrected chi connectivity index (χ4v) is 2.39. The van der Waals surface area contributed by atoms with E-state index in [2.05, 4.69) is 25.9 Å². The van der Waals surface area contributed by atoms with Gasteiger partial charge in [0.05, 0.1) is 6.33 Å². The van der Waals surface area contributed by atoms with Gasteiger partial charge in [0.15, 0.2) is 0 Å². The highest BCUT2D eigenvalue weighted by Crippen LogP contribution is 2.04. The molecule has 2 heterocycles. The number of aryl methyl sites for hydroxylation is 1. The van der Waals surface area contributed by atoms with Crippen LogP contribution in [-0.2, 0) is 6.54 Å². The number of hydrogen-bond acceptors (Lipinski definition) is 2. The van der Waals surface area contributed by atoms with E-state index >= 15 is 0 Å². The van der Waals surface area contributed by atoms with Crippen molar-refractivity contribution in [3.8, 4) is 0 Å². The predicted octanol–water partition coefficient (Wildman–Crippen LogP) is 6.06. The first-order valence-electron chi connectivity index (χ1n) is 8.15. The highest BCUT2D eigenvalue weighted by Gasteiger charge is 1.87. The van der Waals surface area contributed by atoms with Gasteiger partial charge in [-0.3, -0.25) is 4.99 Å².